The second-order valence-electron chi connectivity index (χ2n) is 8.56. The summed E-state index contributed by atoms with van der Waals surface area (Å²) >= 11 is 6.11. The third kappa shape index (κ3) is 4.70. The highest BCUT2D eigenvalue weighted by Crippen LogP contribution is 2.32. The van der Waals surface area contributed by atoms with E-state index in [0.717, 1.165) is 0 Å². The molecule has 0 saturated heterocycles. The number of hydrogen-bond donors (Lipinski definition) is 2. The number of nitrogens with two attached hydrogens (primary N) is 1. The lowest BCUT2D eigenvalue weighted by atomic mass is 10.0. The van der Waals surface area contributed by atoms with Crippen molar-refractivity contribution >= 4 is 17.4 Å². The fourth-order valence-electron chi connectivity index (χ4n) is 4.27. The van der Waals surface area contributed by atoms with E-state index in [2.05, 4.69) is 35.7 Å². The molecule has 39 heavy (non-hydrogen) atoms. The van der Waals surface area contributed by atoms with Crippen LogP contribution in [0.15, 0.2) is 79.8 Å². The lowest BCUT2D eigenvalue weighted by molar-refractivity contribution is -0.659. The normalized spacial score (nSPS) is 12.1. The molecule has 5 heterocycles. The third-order valence-corrected chi connectivity index (χ3v) is 6.44. The first-order valence-corrected chi connectivity index (χ1v) is 12.0. The first-order chi connectivity index (χ1) is 19.0. The largest absolute Gasteiger partial charge is 0.384 e. The number of anilines is 1. The third-order valence-electron chi connectivity index (χ3n) is 6.15. The van der Waals surface area contributed by atoms with Gasteiger partial charge < -0.3 is 5.73 Å². The second kappa shape index (κ2) is 10.0. The van der Waals surface area contributed by atoms with Crippen molar-refractivity contribution in [1.29, 1.82) is 0 Å². The summed E-state index contributed by atoms with van der Waals surface area (Å²) in [6.07, 6.45) is 9.72. The van der Waals surface area contributed by atoms with Crippen LogP contribution in [0.5, 0.6) is 0 Å². The highest BCUT2D eigenvalue weighted by Gasteiger charge is 2.23. The smallest absolute Gasteiger partial charge is 0.293 e. The van der Waals surface area contributed by atoms with Crippen molar-refractivity contribution in [2.24, 2.45) is 0 Å². The maximum atomic E-state index is 15.2. The van der Waals surface area contributed by atoms with Gasteiger partial charge in [0, 0.05) is 41.5 Å². The number of aromatic nitrogens is 10. The Balaban J connectivity index is 1.39. The molecular formula is C25H19ClF2N11+. The summed E-state index contributed by atoms with van der Waals surface area (Å²) in [6.45, 7) is 0.384. The van der Waals surface area contributed by atoms with Gasteiger partial charge in [-0.05, 0) is 36.4 Å². The summed E-state index contributed by atoms with van der Waals surface area (Å²) in [5, 5.41) is 18.9. The Labute approximate surface area is 224 Å². The molecule has 1 aromatic carbocycles. The van der Waals surface area contributed by atoms with Crippen molar-refractivity contribution in [3.8, 4) is 27.9 Å². The van der Waals surface area contributed by atoms with Gasteiger partial charge in [-0.3, -0.25) is 14.3 Å². The minimum absolute atomic E-state index is 0.0316. The van der Waals surface area contributed by atoms with Gasteiger partial charge in [0.15, 0.2) is 11.0 Å². The summed E-state index contributed by atoms with van der Waals surface area (Å²) < 4.78 is 34.6. The number of nitrogens with zero attached hydrogens (tertiary/aromatic N) is 9. The SMILES string of the molecule is Nc1ccc(-c2cnn([C@H](Cn3cccn3)c3ccc(-c4c(-[n+]5cnn[nH]5)ccc(Cl)c4F)cn3)c2)c(F)n1. The van der Waals surface area contributed by atoms with Gasteiger partial charge in [0.1, 0.15) is 22.6 Å². The van der Waals surface area contributed by atoms with Crippen molar-refractivity contribution in [3.05, 3.63) is 102 Å². The number of pyridine rings is 2. The molecule has 0 aliphatic rings. The molecule has 0 radical (unpaired) electrons. The number of hydrogen-bond acceptors (Lipinski definition) is 7. The number of H-pyrrole nitrogens is 1. The molecule has 6 aromatic rings. The standard InChI is InChI=1S/C25H18ClF2N11/c26-18-4-6-20(39-14-31-35-36-39)23(24(18)27)15-2-5-19(30-10-15)21(13-37-9-1-8-32-37)38-12-16(11-33-38)17-3-7-22(29)34-25(17)28/h1-12,14,21H,13H2,(H2,29,34)/p+1/t21-/m1/s1. The number of nitrogen functional groups attached to an aromatic ring is 1. The molecular weight excluding hydrogens is 528 g/mol. The van der Waals surface area contributed by atoms with Gasteiger partial charge in [0.2, 0.25) is 5.95 Å². The minimum Gasteiger partial charge on any atom is -0.384 e. The number of halogens is 3. The zero-order valence-electron chi connectivity index (χ0n) is 20.0. The molecule has 194 valence electrons. The fourth-order valence-corrected chi connectivity index (χ4v) is 4.43. The zero-order chi connectivity index (χ0) is 26.9. The van der Waals surface area contributed by atoms with Gasteiger partial charge in [-0.25, -0.2) is 9.37 Å². The van der Waals surface area contributed by atoms with E-state index in [0.29, 0.717) is 29.1 Å². The lowest BCUT2D eigenvalue weighted by Gasteiger charge is -2.18. The summed E-state index contributed by atoms with van der Waals surface area (Å²) in [5.41, 5.74) is 8.19. The highest BCUT2D eigenvalue weighted by atomic mass is 35.5. The molecule has 11 nitrogen and oxygen atoms in total. The van der Waals surface area contributed by atoms with E-state index in [4.69, 9.17) is 17.3 Å². The van der Waals surface area contributed by atoms with Gasteiger partial charge in [-0.1, -0.05) is 22.9 Å². The van der Waals surface area contributed by atoms with E-state index in [1.807, 2.05) is 12.3 Å². The monoisotopic (exact) mass is 546 g/mol. The summed E-state index contributed by atoms with van der Waals surface area (Å²) in [5.74, 6) is -1.20. The Morgan fingerprint density at radius 3 is 2.67 bits per heavy atom. The van der Waals surface area contributed by atoms with Gasteiger partial charge in [-0.15, -0.1) is 4.68 Å². The van der Waals surface area contributed by atoms with E-state index >= 15 is 4.39 Å². The predicted octanol–water partition coefficient (Wildman–Crippen LogP) is 3.40. The van der Waals surface area contributed by atoms with Gasteiger partial charge in [-0.2, -0.15) is 14.6 Å². The molecule has 0 unspecified atom stereocenters. The molecule has 1 atom stereocenters. The lowest BCUT2D eigenvalue weighted by Crippen LogP contribution is -2.33. The van der Waals surface area contributed by atoms with E-state index in [1.165, 1.54) is 23.1 Å². The van der Waals surface area contributed by atoms with Crippen LogP contribution in [0.4, 0.5) is 14.6 Å². The van der Waals surface area contributed by atoms with Gasteiger partial charge in [0.05, 0.1) is 29.0 Å². The van der Waals surface area contributed by atoms with Crippen LogP contribution in [-0.4, -0.2) is 45.1 Å². The maximum Gasteiger partial charge on any atom is 0.293 e. The van der Waals surface area contributed by atoms with E-state index in [1.54, 1.807) is 58.4 Å². The minimum atomic E-state index is -0.689. The number of benzene rings is 1. The Kier molecular flexibility index (Phi) is 6.25. The van der Waals surface area contributed by atoms with Crippen LogP contribution in [0.2, 0.25) is 5.02 Å². The van der Waals surface area contributed by atoms with Crippen LogP contribution in [0.1, 0.15) is 11.7 Å². The van der Waals surface area contributed by atoms with Crippen LogP contribution in [0.3, 0.4) is 0 Å². The Hall–Kier alpha value is -5.04. The molecule has 0 bridgehead atoms. The van der Waals surface area contributed by atoms with Crippen molar-refractivity contribution in [2.45, 2.75) is 12.6 Å². The highest BCUT2D eigenvalue weighted by molar-refractivity contribution is 6.31. The molecule has 0 fully saturated rings. The Morgan fingerprint density at radius 2 is 1.95 bits per heavy atom. The number of tetrazole rings is 1. The number of rotatable bonds is 7. The summed E-state index contributed by atoms with van der Waals surface area (Å²) in [7, 11) is 0. The topological polar surface area (TPSA) is 133 Å². The van der Waals surface area contributed by atoms with Crippen molar-refractivity contribution in [3.63, 3.8) is 0 Å². The van der Waals surface area contributed by atoms with Gasteiger partial charge >= 0.3 is 0 Å². The average Bonchev–Trinajstić information content (AvgIpc) is 3.72. The van der Waals surface area contributed by atoms with Crippen molar-refractivity contribution in [1.82, 2.24) is 45.1 Å². The zero-order valence-corrected chi connectivity index (χ0v) is 20.8. The molecule has 14 heteroatoms. The molecule has 6 rings (SSSR count). The molecule has 0 amide bonds. The number of nitrogens with one attached hydrogen (secondary N) is 1. The van der Waals surface area contributed by atoms with Crippen LogP contribution >= 0.6 is 11.6 Å². The Bertz CT molecular complexity index is 1730. The predicted molar refractivity (Wildman–Crippen MR) is 136 cm³/mol. The first-order valence-electron chi connectivity index (χ1n) is 11.6. The van der Waals surface area contributed by atoms with E-state index in [-0.39, 0.29) is 22.0 Å². The van der Waals surface area contributed by atoms with E-state index < -0.39 is 17.8 Å². The average molecular weight is 547 g/mol. The second-order valence-corrected chi connectivity index (χ2v) is 8.96. The van der Waals surface area contributed by atoms with Crippen LogP contribution < -0.4 is 10.4 Å². The Morgan fingerprint density at radius 1 is 1.05 bits per heavy atom. The number of aromatic amines is 1. The fraction of sp³-hybridized carbons (Fsp3) is 0.0800. The first kappa shape index (κ1) is 24.3. The van der Waals surface area contributed by atoms with Crippen LogP contribution in [0, 0.1) is 11.8 Å². The molecule has 5 aromatic heterocycles. The van der Waals surface area contributed by atoms with E-state index in [9.17, 15) is 4.39 Å². The van der Waals surface area contributed by atoms with Crippen molar-refractivity contribution in [2.75, 3.05) is 5.73 Å². The summed E-state index contributed by atoms with van der Waals surface area (Å²) in [6, 6.07) is 11.1. The maximum absolute atomic E-state index is 15.2. The molecule has 3 N–H and O–H groups in total. The van der Waals surface area contributed by atoms with Crippen LogP contribution in [0.25, 0.3) is 27.9 Å². The summed E-state index contributed by atoms with van der Waals surface area (Å²) in [4.78, 5) is 8.35. The van der Waals surface area contributed by atoms with Crippen LogP contribution in [-0.2, 0) is 6.54 Å². The van der Waals surface area contributed by atoms with Crippen molar-refractivity contribution < 1.29 is 13.5 Å². The molecule has 0 saturated carbocycles. The molecule has 0 aliphatic carbocycles. The quantitative estimate of drug-likeness (QED) is 0.231. The van der Waals surface area contributed by atoms with Gasteiger partial charge in [0.25, 0.3) is 6.33 Å². The molecule has 0 aliphatic heterocycles. The molecule has 0 spiro atoms.